The fraction of sp³-hybridized carbons (Fsp3) is 0.533. The number of para-hydroxylation sites is 1. The zero-order chi connectivity index (χ0) is 13.9. The third-order valence-electron chi connectivity index (χ3n) is 2.77. The van der Waals surface area contributed by atoms with Gasteiger partial charge in [-0.2, -0.15) is 0 Å². The lowest BCUT2D eigenvalue weighted by Crippen LogP contribution is -2.38. The number of unbranched alkanes of at least 4 members (excludes halogenated alkanes) is 1. The van der Waals surface area contributed by atoms with Crippen LogP contribution < -0.4 is 10.5 Å². The maximum absolute atomic E-state index is 5.96. The molecule has 104 valence electrons. The lowest BCUT2D eigenvalue weighted by Gasteiger charge is -2.19. The van der Waals surface area contributed by atoms with Crippen LogP contribution in [-0.4, -0.2) is 17.1 Å². The van der Waals surface area contributed by atoms with Crippen LogP contribution in [0.3, 0.4) is 0 Å². The van der Waals surface area contributed by atoms with Gasteiger partial charge in [0.1, 0.15) is 17.9 Å². The van der Waals surface area contributed by atoms with Crippen molar-refractivity contribution in [2.75, 3.05) is 6.61 Å². The summed E-state index contributed by atoms with van der Waals surface area (Å²) in [4.78, 5) is 4.70. The van der Waals surface area contributed by atoms with Crippen LogP contribution in [0, 0.1) is 0 Å². The third-order valence-corrected chi connectivity index (χ3v) is 3.85. The second kappa shape index (κ2) is 5.88. The Labute approximate surface area is 118 Å². The zero-order valence-electron chi connectivity index (χ0n) is 11.9. The molecular formula is C15H22N2OS. The highest BCUT2D eigenvalue weighted by Crippen LogP contribution is 2.30. The van der Waals surface area contributed by atoms with Crippen molar-refractivity contribution in [3.05, 3.63) is 23.2 Å². The van der Waals surface area contributed by atoms with E-state index >= 15 is 0 Å². The van der Waals surface area contributed by atoms with Gasteiger partial charge in [-0.05, 0) is 38.8 Å². The SMILES string of the molecule is CCCCc1nc2c(OCC(C)(C)N)cccc2s1. The van der Waals surface area contributed by atoms with Crippen LogP contribution in [0.5, 0.6) is 5.75 Å². The van der Waals surface area contributed by atoms with Crippen molar-refractivity contribution in [2.24, 2.45) is 5.73 Å². The minimum absolute atomic E-state index is 0.330. The summed E-state index contributed by atoms with van der Waals surface area (Å²) in [6.45, 7) is 6.61. The van der Waals surface area contributed by atoms with E-state index in [-0.39, 0.29) is 5.54 Å². The largest absolute Gasteiger partial charge is 0.489 e. The molecule has 19 heavy (non-hydrogen) atoms. The van der Waals surface area contributed by atoms with Gasteiger partial charge in [-0.1, -0.05) is 19.4 Å². The van der Waals surface area contributed by atoms with Crippen LogP contribution in [0.15, 0.2) is 18.2 Å². The highest BCUT2D eigenvalue weighted by atomic mass is 32.1. The fourth-order valence-electron chi connectivity index (χ4n) is 1.78. The number of fused-ring (bicyclic) bond motifs is 1. The minimum atomic E-state index is -0.330. The highest BCUT2D eigenvalue weighted by Gasteiger charge is 2.14. The van der Waals surface area contributed by atoms with E-state index in [4.69, 9.17) is 15.5 Å². The summed E-state index contributed by atoms with van der Waals surface area (Å²) in [6, 6.07) is 6.09. The summed E-state index contributed by atoms with van der Waals surface area (Å²) < 4.78 is 7.01. The second-order valence-electron chi connectivity index (χ2n) is 5.59. The van der Waals surface area contributed by atoms with Crippen molar-refractivity contribution in [3.63, 3.8) is 0 Å². The van der Waals surface area contributed by atoms with Crippen molar-refractivity contribution < 1.29 is 4.74 Å². The van der Waals surface area contributed by atoms with Gasteiger partial charge < -0.3 is 10.5 Å². The molecule has 0 fully saturated rings. The number of aromatic nitrogens is 1. The first-order valence-corrected chi connectivity index (χ1v) is 7.61. The predicted octanol–water partition coefficient (Wildman–Crippen LogP) is 3.76. The molecule has 0 aliphatic heterocycles. The normalized spacial score (nSPS) is 12.0. The Balaban J connectivity index is 2.21. The molecular weight excluding hydrogens is 256 g/mol. The van der Waals surface area contributed by atoms with Gasteiger partial charge in [-0.3, -0.25) is 0 Å². The molecule has 0 aliphatic carbocycles. The number of nitrogens with zero attached hydrogens (tertiary/aromatic N) is 1. The number of nitrogens with two attached hydrogens (primary N) is 1. The molecule has 0 amide bonds. The molecule has 0 spiro atoms. The Morgan fingerprint density at radius 1 is 1.37 bits per heavy atom. The molecule has 0 saturated heterocycles. The van der Waals surface area contributed by atoms with E-state index in [1.165, 1.54) is 22.5 Å². The van der Waals surface area contributed by atoms with Gasteiger partial charge in [0.05, 0.1) is 9.71 Å². The second-order valence-corrected chi connectivity index (χ2v) is 6.71. The Morgan fingerprint density at radius 3 is 2.84 bits per heavy atom. The number of aryl methyl sites for hydroxylation is 1. The molecule has 1 aromatic heterocycles. The fourth-order valence-corrected chi connectivity index (χ4v) is 2.81. The first-order chi connectivity index (χ1) is 8.99. The van der Waals surface area contributed by atoms with Gasteiger partial charge >= 0.3 is 0 Å². The van der Waals surface area contributed by atoms with Crippen molar-refractivity contribution >= 4 is 21.6 Å². The van der Waals surface area contributed by atoms with Crippen molar-refractivity contribution in [3.8, 4) is 5.75 Å². The average molecular weight is 278 g/mol. The average Bonchev–Trinajstić information content (AvgIpc) is 2.76. The van der Waals surface area contributed by atoms with Gasteiger partial charge in [0, 0.05) is 5.54 Å². The number of hydrogen-bond donors (Lipinski definition) is 1. The molecule has 2 rings (SSSR count). The Kier molecular flexibility index (Phi) is 4.42. The van der Waals surface area contributed by atoms with E-state index in [2.05, 4.69) is 13.0 Å². The van der Waals surface area contributed by atoms with Crippen LogP contribution in [-0.2, 0) is 6.42 Å². The van der Waals surface area contributed by atoms with Crippen molar-refractivity contribution in [1.29, 1.82) is 0 Å². The van der Waals surface area contributed by atoms with Crippen LogP contribution in [0.25, 0.3) is 10.2 Å². The van der Waals surface area contributed by atoms with Crippen LogP contribution >= 0.6 is 11.3 Å². The lowest BCUT2D eigenvalue weighted by atomic mass is 10.1. The molecule has 0 aliphatic rings. The molecule has 3 nitrogen and oxygen atoms in total. The molecule has 0 bridgehead atoms. The molecule has 4 heteroatoms. The van der Waals surface area contributed by atoms with E-state index in [0.717, 1.165) is 17.7 Å². The van der Waals surface area contributed by atoms with Crippen LogP contribution in [0.4, 0.5) is 0 Å². The monoisotopic (exact) mass is 278 g/mol. The summed E-state index contributed by atoms with van der Waals surface area (Å²) in [5, 5.41) is 1.19. The van der Waals surface area contributed by atoms with E-state index in [1.54, 1.807) is 11.3 Å². The molecule has 2 aromatic rings. The van der Waals surface area contributed by atoms with Gasteiger partial charge in [-0.15, -0.1) is 11.3 Å². The summed E-state index contributed by atoms with van der Waals surface area (Å²) >= 11 is 1.76. The van der Waals surface area contributed by atoms with Crippen LogP contribution in [0.2, 0.25) is 0 Å². The van der Waals surface area contributed by atoms with Crippen LogP contribution in [0.1, 0.15) is 38.6 Å². The summed E-state index contributed by atoms with van der Waals surface area (Å²) in [6.07, 6.45) is 3.43. The highest BCUT2D eigenvalue weighted by molar-refractivity contribution is 7.18. The van der Waals surface area contributed by atoms with E-state index in [9.17, 15) is 0 Å². The van der Waals surface area contributed by atoms with Gasteiger partial charge in [-0.25, -0.2) is 4.98 Å². The molecule has 2 N–H and O–H groups in total. The summed E-state index contributed by atoms with van der Waals surface area (Å²) in [7, 11) is 0. The number of benzene rings is 1. The van der Waals surface area contributed by atoms with Gasteiger partial charge in [0.25, 0.3) is 0 Å². The molecule has 0 radical (unpaired) electrons. The smallest absolute Gasteiger partial charge is 0.146 e. The first kappa shape index (κ1) is 14.3. The van der Waals surface area contributed by atoms with Crippen molar-refractivity contribution in [2.45, 2.75) is 45.6 Å². The topological polar surface area (TPSA) is 48.1 Å². The molecule has 0 unspecified atom stereocenters. The summed E-state index contributed by atoms with van der Waals surface area (Å²) in [5.74, 6) is 0.843. The number of hydrogen-bond acceptors (Lipinski definition) is 4. The van der Waals surface area contributed by atoms with Gasteiger partial charge in [0.15, 0.2) is 0 Å². The maximum Gasteiger partial charge on any atom is 0.146 e. The Hall–Kier alpha value is -1.13. The standard InChI is InChI=1S/C15H22N2OS/c1-4-5-9-13-17-14-11(18-10-15(2,3)16)7-6-8-12(14)19-13/h6-8H,4-5,9-10,16H2,1-3H3. The zero-order valence-corrected chi connectivity index (χ0v) is 12.7. The molecule has 1 heterocycles. The van der Waals surface area contributed by atoms with E-state index in [1.807, 2.05) is 26.0 Å². The quantitative estimate of drug-likeness (QED) is 0.875. The number of thiazole rings is 1. The molecule has 0 saturated carbocycles. The Bertz CT molecular complexity index is 543. The minimum Gasteiger partial charge on any atom is -0.489 e. The van der Waals surface area contributed by atoms with Crippen molar-refractivity contribution in [1.82, 2.24) is 4.98 Å². The lowest BCUT2D eigenvalue weighted by molar-refractivity contribution is 0.245. The van der Waals surface area contributed by atoms with Gasteiger partial charge in [0.2, 0.25) is 0 Å². The summed E-state index contributed by atoms with van der Waals surface area (Å²) in [5.41, 5.74) is 6.60. The Morgan fingerprint density at radius 2 is 2.16 bits per heavy atom. The number of rotatable bonds is 6. The van der Waals surface area contributed by atoms with E-state index in [0.29, 0.717) is 6.61 Å². The molecule has 0 atom stereocenters. The molecule has 1 aromatic carbocycles. The number of ether oxygens (including phenoxy) is 1. The predicted molar refractivity (Wildman–Crippen MR) is 82.0 cm³/mol. The third kappa shape index (κ3) is 3.91. The first-order valence-electron chi connectivity index (χ1n) is 6.80. The maximum atomic E-state index is 5.96. The van der Waals surface area contributed by atoms with E-state index < -0.39 is 0 Å².